The van der Waals surface area contributed by atoms with E-state index >= 15 is 0 Å². The number of aromatic nitrogens is 2. The van der Waals surface area contributed by atoms with Crippen LogP contribution in [0.15, 0.2) is 6.20 Å². The average molecular weight is 249 g/mol. The van der Waals surface area contributed by atoms with Crippen LogP contribution in [0.3, 0.4) is 0 Å². The van der Waals surface area contributed by atoms with E-state index in [0.717, 1.165) is 25.7 Å². The maximum absolute atomic E-state index is 12.2. The van der Waals surface area contributed by atoms with Crippen molar-refractivity contribution in [3.8, 4) is 0 Å². The predicted molar refractivity (Wildman–Crippen MR) is 67.3 cm³/mol. The van der Waals surface area contributed by atoms with Gasteiger partial charge in [-0.2, -0.15) is 0 Å². The summed E-state index contributed by atoms with van der Waals surface area (Å²) in [6.07, 6.45) is 5.31. The van der Waals surface area contributed by atoms with E-state index in [0.29, 0.717) is 17.1 Å². The Hall–Kier alpha value is -1.49. The van der Waals surface area contributed by atoms with Crippen molar-refractivity contribution in [2.24, 2.45) is 0 Å². The Kier molecular flexibility index (Phi) is 3.61. The molecule has 5 nitrogen and oxygen atoms in total. The van der Waals surface area contributed by atoms with Gasteiger partial charge in [0, 0.05) is 6.20 Å². The number of nitrogens with zero attached hydrogens (tertiary/aromatic N) is 2. The Morgan fingerprint density at radius 2 is 2.11 bits per heavy atom. The molecule has 0 spiro atoms. The van der Waals surface area contributed by atoms with Gasteiger partial charge in [-0.1, -0.05) is 12.8 Å². The highest BCUT2D eigenvalue weighted by Crippen LogP contribution is 2.29. The van der Waals surface area contributed by atoms with Crippen molar-refractivity contribution >= 4 is 5.91 Å². The van der Waals surface area contributed by atoms with Crippen LogP contribution in [0.1, 0.15) is 47.6 Å². The third-order valence-electron chi connectivity index (χ3n) is 3.59. The summed E-state index contributed by atoms with van der Waals surface area (Å²) < 4.78 is 0. The number of amides is 1. The summed E-state index contributed by atoms with van der Waals surface area (Å²) in [4.78, 5) is 20.4. The minimum atomic E-state index is -0.450. The molecule has 1 aliphatic carbocycles. The monoisotopic (exact) mass is 249 g/mol. The maximum Gasteiger partial charge on any atom is 0.255 e. The lowest BCUT2D eigenvalue weighted by Crippen LogP contribution is -2.49. The fourth-order valence-corrected chi connectivity index (χ4v) is 2.49. The molecule has 1 aromatic heterocycles. The fraction of sp³-hybridized carbons (Fsp3) is 0.615. The Morgan fingerprint density at radius 3 is 2.67 bits per heavy atom. The molecule has 0 aliphatic heterocycles. The highest BCUT2D eigenvalue weighted by molar-refractivity contribution is 5.95. The first-order valence-electron chi connectivity index (χ1n) is 6.30. The Labute approximate surface area is 107 Å². The highest BCUT2D eigenvalue weighted by Gasteiger charge is 2.35. The van der Waals surface area contributed by atoms with Crippen molar-refractivity contribution in [2.75, 3.05) is 6.61 Å². The second-order valence-corrected chi connectivity index (χ2v) is 5.02. The van der Waals surface area contributed by atoms with E-state index in [2.05, 4.69) is 15.3 Å². The highest BCUT2D eigenvalue weighted by atomic mass is 16.3. The molecule has 5 heteroatoms. The van der Waals surface area contributed by atoms with Crippen LogP contribution >= 0.6 is 0 Å². The molecule has 0 saturated heterocycles. The Bertz CT molecular complexity index is 454. The number of carbonyl (C=O) groups is 1. The van der Waals surface area contributed by atoms with E-state index in [1.165, 1.54) is 0 Å². The van der Waals surface area contributed by atoms with Crippen LogP contribution in [0.2, 0.25) is 0 Å². The number of hydrogen-bond acceptors (Lipinski definition) is 4. The molecule has 18 heavy (non-hydrogen) atoms. The molecule has 1 saturated carbocycles. The third kappa shape index (κ3) is 2.51. The number of aryl methyl sites for hydroxylation is 2. The molecular weight excluding hydrogens is 230 g/mol. The van der Waals surface area contributed by atoms with Crippen molar-refractivity contribution in [3.63, 3.8) is 0 Å². The molecule has 1 heterocycles. The first kappa shape index (κ1) is 13.0. The predicted octanol–water partition coefficient (Wildman–Crippen LogP) is 1.13. The van der Waals surface area contributed by atoms with Gasteiger partial charge in [-0.25, -0.2) is 9.97 Å². The summed E-state index contributed by atoms with van der Waals surface area (Å²) in [6, 6.07) is 0. The van der Waals surface area contributed by atoms with E-state index < -0.39 is 5.54 Å². The largest absolute Gasteiger partial charge is 0.394 e. The molecule has 1 aliphatic rings. The molecule has 0 radical (unpaired) electrons. The van der Waals surface area contributed by atoms with Gasteiger partial charge in [0.15, 0.2) is 0 Å². The second-order valence-electron chi connectivity index (χ2n) is 5.02. The number of nitrogens with one attached hydrogen (secondary N) is 1. The molecule has 1 amide bonds. The summed E-state index contributed by atoms with van der Waals surface area (Å²) in [7, 11) is 0. The van der Waals surface area contributed by atoms with Crippen LogP contribution in [-0.2, 0) is 0 Å². The van der Waals surface area contributed by atoms with Crippen molar-refractivity contribution in [1.29, 1.82) is 0 Å². The van der Waals surface area contributed by atoms with Gasteiger partial charge in [-0.15, -0.1) is 0 Å². The van der Waals surface area contributed by atoms with Crippen molar-refractivity contribution in [3.05, 3.63) is 23.3 Å². The van der Waals surface area contributed by atoms with Gasteiger partial charge in [-0.3, -0.25) is 4.79 Å². The van der Waals surface area contributed by atoms with Crippen LogP contribution in [0.4, 0.5) is 0 Å². The molecule has 0 aromatic carbocycles. The molecule has 0 bridgehead atoms. The molecule has 98 valence electrons. The lowest BCUT2D eigenvalue weighted by atomic mass is 9.98. The minimum Gasteiger partial charge on any atom is -0.394 e. The van der Waals surface area contributed by atoms with Crippen LogP contribution < -0.4 is 5.32 Å². The van der Waals surface area contributed by atoms with Gasteiger partial charge in [0.1, 0.15) is 5.82 Å². The maximum atomic E-state index is 12.2. The standard InChI is InChI=1S/C13H19N3O2/c1-9-11(7-14-10(2)15-9)12(18)16-13(8-17)5-3-4-6-13/h7,17H,3-6,8H2,1-2H3,(H,16,18). The van der Waals surface area contributed by atoms with Gasteiger partial charge >= 0.3 is 0 Å². The van der Waals surface area contributed by atoms with Crippen LogP contribution in [0.5, 0.6) is 0 Å². The van der Waals surface area contributed by atoms with E-state index in [4.69, 9.17) is 0 Å². The van der Waals surface area contributed by atoms with Crippen LogP contribution in [-0.4, -0.2) is 33.1 Å². The first-order valence-corrected chi connectivity index (χ1v) is 6.30. The van der Waals surface area contributed by atoms with E-state index in [-0.39, 0.29) is 12.5 Å². The molecular formula is C13H19N3O2. The van der Waals surface area contributed by atoms with E-state index in [1.807, 2.05) is 0 Å². The molecule has 0 atom stereocenters. The SMILES string of the molecule is Cc1ncc(C(=O)NC2(CO)CCCC2)c(C)n1. The molecule has 0 unspecified atom stereocenters. The first-order chi connectivity index (χ1) is 8.56. The number of rotatable bonds is 3. The summed E-state index contributed by atoms with van der Waals surface area (Å²) >= 11 is 0. The molecule has 2 rings (SSSR count). The van der Waals surface area contributed by atoms with Gasteiger partial charge in [0.2, 0.25) is 0 Å². The van der Waals surface area contributed by atoms with E-state index in [9.17, 15) is 9.90 Å². The van der Waals surface area contributed by atoms with Crippen molar-refractivity contribution < 1.29 is 9.90 Å². The summed E-state index contributed by atoms with van der Waals surface area (Å²) in [5, 5.41) is 12.4. The molecule has 1 fully saturated rings. The van der Waals surface area contributed by atoms with Crippen LogP contribution in [0.25, 0.3) is 0 Å². The molecule has 2 N–H and O–H groups in total. The van der Waals surface area contributed by atoms with Crippen molar-refractivity contribution in [1.82, 2.24) is 15.3 Å². The number of aliphatic hydroxyl groups is 1. The second kappa shape index (κ2) is 5.02. The number of hydrogen-bond donors (Lipinski definition) is 2. The number of carbonyl (C=O) groups excluding carboxylic acids is 1. The smallest absolute Gasteiger partial charge is 0.255 e. The van der Waals surface area contributed by atoms with Gasteiger partial charge in [0.25, 0.3) is 5.91 Å². The Morgan fingerprint density at radius 1 is 1.44 bits per heavy atom. The zero-order valence-corrected chi connectivity index (χ0v) is 10.9. The van der Waals surface area contributed by atoms with Gasteiger partial charge in [-0.05, 0) is 26.7 Å². The van der Waals surface area contributed by atoms with Crippen molar-refractivity contribution in [2.45, 2.75) is 45.1 Å². The third-order valence-corrected chi connectivity index (χ3v) is 3.59. The lowest BCUT2D eigenvalue weighted by molar-refractivity contribution is 0.0837. The molecule has 1 aromatic rings. The van der Waals surface area contributed by atoms with Gasteiger partial charge in [0.05, 0.1) is 23.4 Å². The van der Waals surface area contributed by atoms with Gasteiger partial charge < -0.3 is 10.4 Å². The lowest BCUT2D eigenvalue weighted by Gasteiger charge is -2.28. The summed E-state index contributed by atoms with van der Waals surface area (Å²) in [5.41, 5.74) is 0.709. The van der Waals surface area contributed by atoms with E-state index in [1.54, 1.807) is 20.0 Å². The topological polar surface area (TPSA) is 75.1 Å². The number of aliphatic hydroxyl groups excluding tert-OH is 1. The summed E-state index contributed by atoms with van der Waals surface area (Å²) in [5.74, 6) is 0.463. The minimum absolute atomic E-state index is 0.00942. The quantitative estimate of drug-likeness (QED) is 0.842. The van der Waals surface area contributed by atoms with Crippen LogP contribution in [0, 0.1) is 13.8 Å². The summed E-state index contributed by atoms with van der Waals surface area (Å²) in [6.45, 7) is 3.58. The average Bonchev–Trinajstić information content (AvgIpc) is 2.78. The fourth-order valence-electron chi connectivity index (χ4n) is 2.49. The normalized spacial score (nSPS) is 17.7. The zero-order chi connectivity index (χ0) is 13.2. The zero-order valence-electron chi connectivity index (χ0n) is 10.9. The Balaban J connectivity index is 2.16.